The van der Waals surface area contributed by atoms with E-state index in [1.165, 1.54) is 37.9 Å². The van der Waals surface area contributed by atoms with E-state index < -0.39 is 0 Å². The normalized spacial score (nSPS) is 9.55. The van der Waals surface area contributed by atoms with Gasteiger partial charge in [0.15, 0.2) is 0 Å². The predicted molar refractivity (Wildman–Crippen MR) is 119 cm³/mol. The fourth-order valence-electron chi connectivity index (χ4n) is 3.21. The number of hydrogen-bond donors (Lipinski definition) is 0. The first-order valence-electron chi connectivity index (χ1n) is 9.22. The van der Waals surface area contributed by atoms with Gasteiger partial charge >= 0.3 is 41.9 Å². The minimum absolute atomic E-state index is 0. The Morgan fingerprint density at radius 1 is 0.655 bits per heavy atom. The summed E-state index contributed by atoms with van der Waals surface area (Å²) in [6.45, 7) is 6.76. The van der Waals surface area contributed by atoms with E-state index in [-0.39, 0.29) is 30.2 Å². The van der Waals surface area contributed by atoms with Crippen molar-refractivity contribution in [3.8, 4) is 0 Å². The van der Waals surface area contributed by atoms with Crippen LogP contribution in [-0.4, -0.2) is 5.43 Å². The van der Waals surface area contributed by atoms with E-state index in [0.29, 0.717) is 0 Å². The molecule has 0 saturated heterocycles. The summed E-state index contributed by atoms with van der Waals surface area (Å²) in [5.74, 6) is 0. The van der Waals surface area contributed by atoms with Crippen LogP contribution in [0.4, 0.5) is 0 Å². The number of aryl methyl sites for hydroxylation is 1. The van der Waals surface area contributed by atoms with Crippen LogP contribution in [0.5, 0.6) is 0 Å². The Balaban J connectivity index is 0.000000237. The van der Waals surface area contributed by atoms with Crippen molar-refractivity contribution in [3.63, 3.8) is 0 Å². The molecule has 0 aromatic heterocycles. The third kappa shape index (κ3) is 6.93. The molecule has 0 saturated carbocycles. The second kappa shape index (κ2) is 12.5. The van der Waals surface area contributed by atoms with Gasteiger partial charge in [-0.05, 0) is 0 Å². The van der Waals surface area contributed by atoms with Crippen molar-refractivity contribution in [1.82, 2.24) is 0 Å². The molecule has 0 fully saturated rings. The molecule has 5 rings (SSSR count). The molecule has 148 valence electrons. The third-order valence-corrected chi connectivity index (χ3v) is 4.42. The molecule has 4 heteroatoms. The molecule has 0 bridgehead atoms. The van der Waals surface area contributed by atoms with Crippen molar-refractivity contribution in [3.05, 3.63) is 96.6 Å². The summed E-state index contributed by atoms with van der Waals surface area (Å²) in [6, 6.07) is 32.0. The molecule has 0 atom stereocenters. The molecule has 0 amide bonds. The van der Waals surface area contributed by atoms with Gasteiger partial charge in [-0.1, -0.05) is 49.4 Å². The van der Waals surface area contributed by atoms with E-state index in [4.69, 9.17) is 0 Å². The van der Waals surface area contributed by atoms with Crippen molar-refractivity contribution in [2.24, 2.45) is 0 Å². The van der Waals surface area contributed by atoms with Crippen LogP contribution in [0.1, 0.15) is 5.56 Å². The molecule has 29 heavy (non-hydrogen) atoms. The van der Waals surface area contributed by atoms with Crippen LogP contribution in [0.3, 0.4) is 0 Å². The van der Waals surface area contributed by atoms with Gasteiger partial charge in [-0.3, -0.25) is 0 Å². The zero-order valence-electron chi connectivity index (χ0n) is 16.9. The van der Waals surface area contributed by atoms with Crippen molar-refractivity contribution >= 4 is 37.8 Å². The van der Waals surface area contributed by atoms with E-state index in [2.05, 4.69) is 111 Å². The van der Waals surface area contributed by atoms with Crippen LogP contribution in [0.25, 0.3) is 32.3 Å². The molecule has 0 heterocycles. The number of rotatable bonds is 0. The fraction of sp³-hybridized carbons (Fsp3) is 0.120. The predicted octanol–water partition coefficient (Wildman–Crippen LogP) is 1.37. The Hall–Kier alpha value is -1.18. The van der Waals surface area contributed by atoms with Gasteiger partial charge in [0.1, 0.15) is 0 Å². The van der Waals surface area contributed by atoms with E-state index in [1.807, 2.05) is 0 Å². The summed E-state index contributed by atoms with van der Waals surface area (Å²) in [4.78, 5) is 0. The van der Waals surface area contributed by atoms with Crippen LogP contribution >= 0.6 is 0 Å². The second-order valence-electron chi connectivity index (χ2n) is 6.92. The summed E-state index contributed by atoms with van der Waals surface area (Å²) in [7, 11) is 0. The molecule has 0 aliphatic carbocycles. The van der Waals surface area contributed by atoms with Crippen molar-refractivity contribution < 1.29 is 48.1 Å². The van der Waals surface area contributed by atoms with Crippen molar-refractivity contribution in [2.75, 3.05) is 0 Å². The van der Waals surface area contributed by atoms with Gasteiger partial charge in [0.05, 0.1) is 0 Å². The zero-order valence-corrected chi connectivity index (χ0v) is 21.9. The summed E-state index contributed by atoms with van der Waals surface area (Å²) < 4.78 is 0. The first kappa shape index (κ1) is 25.9. The minimum atomic E-state index is 0. The van der Waals surface area contributed by atoms with Crippen LogP contribution in [0.2, 0.25) is 13.1 Å². The van der Waals surface area contributed by atoms with E-state index in [9.17, 15) is 0 Å². The molecule has 5 aromatic carbocycles. The van der Waals surface area contributed by atoms with Crippen LogP contribution in [0, 0.1) is 6.92 Å². The smallest absolute Gasteiger partial charge is 0.0771 e. The molecule has 0 unspecified atom stereocenters. The Bertz CT molecular complexity index is 1130. The summed E-state index contributed by atoms with van der Waals surface area (Å²) >= 11 is 1.74. The van der Waals surface area contributed by atoms with Gasteiger partial charge in [-0.25, -0.2) is 0 Å². The molecule has 0 nitrogen and oxygen atoms in total. The van der Waals surface area contributed by atoms with Crippen molar-refractivity contribution in [1.29, 1.82) is 0 Å². The third-order valence-electron chi connectivity index (χ3n) is 4.42. The van der Waals surface area contributed by atoms with Gasteiger partial charge in [0.2, 0.25) is 0 Å². The Kier molecular flexibility index (Phi) is 11.1. The number of benzene rings is 3. The molecule has 0 radical (unpaired) electrons. The van der Waals surface area contributed by atoms with E-state index in [0.717, 1.165) is 0 Å². The zero-order chi connectivity index (χ0) is 19.2. The van der Waals surface area contributed by atoms with Crippen molar-refractivity contribution in [2.45, 2.75) is 20.0 Å². The fourth-order valence-corrected chi connectivity index (χ4v) is 3.21. The second-order valence-corrected chi connectivity index (χ2v) is 16.3. The molecular formula is C25H24Cl2SiZr-2. The topological polar surface area (TPSA) is 0 Å². The molecule has 5 aromatic rings. The standard InChI is InChI=1S/C13H9.C10H9.C2H6Si.2ClH.Zr/c1-3-7-12-10(5-1)9-11-6-2-4-8-13(11)12;1-8-6-7-9-4-2-3-5-10(8)9;1-3-2;;;/h1-9H;2-7H,1H3;1-2H3;2*1H;/q2*-1;;;;+2/p-2. The van der Waals surface area contributed by atoms with E-state index in [1.54, 1.807) is 23.3 Å². The summed E-state index contributed by atoms with van der Waals surface area (Å²) in [5, 5.41) is 8.12. The van der Waals surface area contributed by atoms with Crippen LogP contribution < -0.4 is 24.8 Å². The molecule has 0 aliphatic heterocycles. The first-order valence-corrected chi connectivity index (χ1v) is 15.4. The van der Waals surface area contributed by atoms with Gasteiger partial charge in [-0.15, -0.1) is 74.8 Å². The number of halogens is 2. The van der Waals surface area contributed by atoms with E-state index >= 15 is 0 Å². The SMILES string of the molecule is C[Si](C)=[Zr+2].Cc1c[cH-]c2ccccc12.[Cl-].[Cl-].c1ccc2c(c1)[cH-]c1ccccc12. The quantitative estimate of drug-likeness (QED) is 0.216. The largest absolute Gasteiger partial charge is 1.00 e. The summed E-state index contributed by atoms with van der Waals surface area (Å²) in [5.41, 5.74) is 1.58. The monoisotopic (exact) mass is 512 g/mol. The number of hydrogen-bond acceptors (Lipinski definition) is 0. The van der Waals surface area contributed by atoms with Crippen LogP contribution in [0.15, 0.2) is 91.0 Å². The minimum Gasteiger partial charge on any atom is -1.00 e. The maximum absolute atomic E-state index is 2.31. The molecule has 0 aliphatic rings. The Morgan fingerprint density at radius 2 is 1.03 bits per heavy atom. The Labute approximate surface area is 201 Å². The molecule has 0 spiro atoms. The van der Waals surface area contributed by atoms with Gasteiger partial charge in [0, 0.05) is 0 Å². The van der Waals surface area contributed by atoms with Gasteiger partial charge < -0.3 is 24.8 Å². The maximum atomic E-state index is 2.31. The Morgan fingerprint density at radius 3 is 1.48 bits per heavy atom. The van der Waals surface area contributed by atoms with Gasteiger partial charge in [0.25, 0.3) is 0 Å². The molecular weight excluding hydrogens is 490 g/mol. The first-order chi connectivity index (χ1) is 13.1. The average molecular weight is 515 g/mol. The summed E-state index contributed by atoms with van der Waals surface area (Å²) in [6.07, 6.45) is 0. The van der Waals surface area contributed by atoms with Crippen LogP contribution in [-0.2, 0) is 23.3 Å². The number of fused-ring (bicyclic) bond motifs is 4. The maximum Gasteiger partial charge on any atom is -0.0771 e. The average Bonchev–Trinajstić information content (AvgIpc) is 3.23. The van der Waals surface area contributed by atoms with Gasteiger partial charge in [-0.2, -0.15) is 11.6 Å². The molecule has 0 N–H and O–H groups in total.